The van der Waals surface area contributed by atoms with Crippen molar-refractivity contribution < 1.29 is 9.90 Å². The van der Waals surface area contributed by atoms with E-state index in [1.807, 2.05) is 11.9 Å². The number of nitrogens with zero attached hydrogens (tertiary/aromatic N) is 1. The maximum atomic E-state index is 12.4. The summed E-state index contributed by atoms with van der Waals surface area (Å²) in [5.74, 6) is 1.31. The van der Waals surface area contributed by atoms with Crippen LogP contribution in [0, 0.1) is 17.3 Å². The van der Waals surface area contributed by atoms with Gasteiger partial charge in [-0.15, -0.1) is 0 Å². The van der Waals surface area contributed by atoms with Gasteiger partial charge in [0.1, 0.15) is 0 Å². The van der Waals surface area contributed by atoms with E-state index >= 15 is 0 Å². The molecule has 0 aromatic heterocycles. The van der Waals surface area contributed by atoms with Crippen LogP contribution in [0.5, 0.6) is 0 Å². The van der Waals surface area contributed by atoms with E-state index in [1.165, 1.54) is 0 Å². The molecule has 17 heavy (non-hydrogen) atoms. The number of hydrogen-bond donors (Lipinski definition) is 2. The van der Waals surface area contributed by atoms with Crippen LogP contribution in [0.15, 0.2) is 0 Å². The van der Waals surface area contributed by atoms with Crippen LogP contribution in [0.25, 0.3) is 0 Å². The third-order valence-electron chi connectivity index (χ3n) is 4.41. The minimum absolute atomic E-state index is 0.143. The van der Waals surface area contributed by atoms with Crippen LogP contribution in [0.3, 0.4) is 0 Å². The molecule has 0 aromatic carbocycles. The van der Waals surface area contributed by atoms with Crippen molar-refractivity contribution >= 4 is 5.91 Å². The average molecular weight is 240 g/mol. The first-order chi connectivity index (χ1) is 7.97. The second kappa shape index (κ2) is 4.58. The van der Waals surface area contributed by atoms with E-state index in [0.29, 0.717) is 18.4 Å². The van der Waals surface area contributed by atoms with E-state index in [-0.39, 0.29) is 17.4 Å². The molecule has 3 N–H and O–H groups in total. The molecule has 98 valence electrons. The third kappa shape index (κ3) is 2.33. The third-order valence-corrected chi connectivity index (χ3v) is 4.41. The van der Waals surface area contributed by atoms with Crippen LogP contribution in [-0.2, 0) is 4.79 Å². The number of carbonyl (C=O) groups is 1. The van der Waals surface area contributed by atoms with Crippen LogP contribution in [0.1, 0.15) is 32.6 Å². The fourth-order valence-electron chi connectivity index (χ4n) is 3.43. The van der Waals surface area contributed by atoms with Crippen molar-refractivity contribution in [1.82, 2.24) is 4.90 Å². The van der Waals surface area contributed by atoms with Gasteiger partial charge >= 0.3 is 0 Å². The summed E-state index contributed by atoms with van der Waals surface area (Å²) < 4.78 is 0. The van der Waals surface area contributed by atoms with Gasteiger partial charge in [-0.3, -0.25) is 4.79 Å². The van der Waals surface area contributed by atoms with Crippen molar-refractivity contribution in [3.8, 4) is 0 Å². The van der Waals surface area contributed by atoms with Crippen LogP contribution in [0.4, 0.5) is 0 Å². The minimum atomic E-state index is -0.281. The van der Waals surface area contributed by atoms with E-state index in [1.54, 1.807) is 0 Å². The smallest absolute Gasteiger partial charge is 0.229 e. The van der Waals surface area contributed by atoms with Gasteiger partial charge in [-0.05, 0) is 37.5 Å². The Kier molecular flexibility index (Phi) is 3.46. The Balaban J connectivity index is 1.86. The molecular formula is C13H24N2O2. The Bertz CT molecular complexity index is 294. The van der Waals surface area contributed by atoms with Crippen molar-refractivity contribution in [3.63, 3.8) is 0 Å². The first-order valence-electron chi connectivity index (χ1n) is 6.60. The fourth-order valence-corrected chi connectivity index (χ4v) is 3.43. The molecular weight excluding hydrogens is 216 g/mol. The second-order valence-electron chi connectivity index (χ2n) is 6.17. The summed E-state index contributed by atoms with van der Waals surface area (Å²) in [7, 11) is 1.87. The maximum absolute atomic E-state index is 12.4. The lowest BCUT2D eigenvalue weighted by Gasteiger charge is -2.47. The first kappa shape index (κ1) is 12.8. The second-order valence-corrected chi connectivity index (χ2v) is 6.17. The Hall–Kier alpha value is -0.610. The van der Waals surface area contributed by atoms with Gasteiger partial charge in [-0.2, -0.15) is 0 Å². The average Bonchev–Trinajstić information content (AvgIpc) is 2.21. The molecule has 0 aromatic rings. The van der Waals surface area contributed by atoms with Crippen LogP contribution >= 0.6 is 0 Å². The number of aliphatic hydroxyl groups excluding tert-OH is 1. The SMILES string of the molecule is CC1CC(CN)(C(=O)N(C)CC2CC(O)C2)C1. The predicted octanol–water partition coefficient (Wildman–Crippen LogP) is 0.591. The molecule has 2 fully saturated rings. The van der Waals surface area contributed by atoms with Gasteiger partial charge in [0.15, 0.2) is 0 Å². The van der Waals surface area contributed by atoms with Gasteiger partial charge in [0.25, 0.3) is 0 Å². The van der Waals surface area contributed by atoms with Gasteiger partial charge in [0.2, 0.25) is 5.91 Å². The summed E-state index contributed by atoms with van der Waals surface area (Å²) in [4.78, 5) is 14.2. The number of aliphatic hydroxyl groups is 1. The van der Waals surface area contributed by atoms with Crippen molar-refractivity contribution in [2.75, 3.05) is 20.1 Å². The molecule has 1 amide bonds. The Morgan fingerprint density at radius 3 is 2.47 bits per heavy atom. The molecule has 0 atom stereocenters. The molecule has 0 unspecified atom stereocenters. The lowest BCUT2D eigenvalue weighted by Crippen LogP contribution is -2.55. The van der Waals surface area contributed by atoms with E-state index in [0.717, 1.165) is 32.2 Å². The topological polar surface area (TPSA) is 66.6 Å². The molecule has 0 bridgehead atoms. The highest BCUT2D eigenvalue weighted by Crippen LogP contribution is 2.46. The highest BCUT2D eigenvalue weighted by atomic mass is 16.3. The van der Waals surface area contributed by atoms with Crippen LogP contribution in [0.2, 0.25) is 0 Å². The van der Waals surface area contributed by atoms with E-state index < -0.39 is 0 Å². The fraction of sp³-hybridized carbons (Fsp3) is 0.923. The molecule has 0 spiro atoms. The highest BCUT2D eigenvalue weighted by molar-refractivity contribution is 5.83. The molecule has 4 heteroatoms. The lowest BCUT2D eigenvalue weighted by molar-refractivity contribution is -0.149. The number of carbonyl (C=O) groups excluding carboxylic acids is 1. The van der Waals surface area contributed by atoms with Crippen LogP contribution < -0.4 is 5.73 Å². The van der Waals surface area contributed by atoms with E-state index in [9.17, 15) is 9.90 Å². The van der Waals surface area contributed by atoms with Gasteiger partial charge in [0, 0.05) is 20.1 Å². The standard InChI is InChI=1S/C13H24N2O2/c1-9-5-13(6-9,8-14)12(17)15(2)7-10-3-11(16)4-10/h9-11,16H,3-8,14H2,1-2H3. The van der Waals surface area contributed by atoms with Crippen LogP contribution in [-0.4, -0.2) is 42.2 Å². The molecule has 2 saturated carbocycles. The molecule has 4 nitrogen and oxygen atoms in total. The Morgan fingerprint density at radius 2 is 2.06 bits per heavy atom. The van der Waals surface area contributed by atoms with Gasteiger partial charge in [-0.25, -0.2) is 0 Å². The largest absolute Gasteiger partial charge is 0.393 e. The Labute approximate surface area is 103 Å². The summed E-state index contributed by atoms with van der Waals surface area (Å²) >= 11 is 0. The predicted molar refractivity (Wildman–Crippen MR) is 66.3 cm³/mol. The molecule has 2 aliphatic rings. The van der Waals surface area contributed by atoms with Gasteiger partial charge < -0.3 is 15.7 Å². The van der Waals surface area contributed by atoms with E-state index in [4.69, 9.17) is 5.73 Å². The lowest BCUT2D eigenvalue weighted by atomic mass is 9.61. The molecule has 2 rings (SSSR count). The highest BCUT2D eigenvalue weighted by Gasteiger charge is 2.48. The Morgan fingerprint density at radius 1 is 1.47 bits per heavy atom. The van der Waals surface area contributed by atoms with Gasteiger partial charge in [-0.1, -0.05) is 6.92 Å². The molecule has 0 saturated heterocycles. The molecule has 2 aliphatic carbocycles. The van der Waals surface area contributed by atoms with E-state index in [2.05, 4.69) is 6.92 Å². The number of nitrogens with two attached hydrogens (primary N) is 1. The first-order valence-corrected chi connectivity index (χ1v) is 6.60. The summed E-state index contributed by atoms with van der Waals surface area (Å²) in [6, 6.07) is 0. The normalized spacial score (nSPS) is 40.4. The quantitative estimate of drug-likeness (QED) is 0.756. The van der Waals surface area contributed by atoms with Crippen molar-refractivity contribution in [3.05, 3.63) is 0 Å². The zero-order valence-corrected chi connectivity index (χ0v) is 10.9. The molecule has 0 radical (unpaired) electrons. The summed E-state index contributed by atoms with van der Waals surface area (Å²) in [6.45, 7) is 3.41. The molecule has 0 aliphatic heterocycles. The monoisotopic (exact) mass is 240 g/mol. The van der Waals surface area contributed by atoms with Crippen molar-refractivity contribution in [1.29, 1.82) is 0 Å². The zero-order valence-electron chi connectivity index (χ0n) is 10.9. The van der Waals surface area contributed by atoms with Crippen molar-refractivity contribution in [2.45, 2.75) is 38.7 Å². The van der Waals surface area contributed by atoms with Crippen molar-refractivity contribution in [2.24, 2.45) is 23.0 Å². The minimum Gasteiger partial charge on any atom is -0.393 e. The summed E-state index contributed by atoms with van der Waals surface area (Å²) in [5.41, 5.74) is 5.50. The number of rotatable bonds is 4. The maximum Gasteiger partial charge on any atom is 0.229 e. The van der Waals surface area contributed by atoms with Gasteiger partial charge in [0.05, 0.1) is 11.5 Å². The molecule has 0 heterocycles. The number of hydrogen-bond acceptors (Lipinski definition) is 3. The number of amides is 1. The summed E-state index contributed by atoms with van der Waals surface area (Å²) in [5, 5.41) is 9.24. The summed E-state index contributed by atoms with van der Waals surface area (Å²) in [6.07, 6.45) is 3.39. The zero-order chi connectivity index (χ0) is 12.6.